The lowest BCUT2D eigenvalue weighted by Crippen LogP contribution is -2.42. The second-order valence-corrected chi connectivity index (χ2v) is 5.97. The summed E-state index contributed by atoms with van der Waals surface area (Å²) in [6.45, 7) is 3.39. The Morgan fingerprint density at radius 3 is 2.83 bits per heavy atom. The highest BCUT2D eigenvalue weighted by atomic mass is 16.4. The number of nitrogens with one attached hydrogen (secondary N) is 2. The van der Waals surface area contributed by atoms with Crippen molar-refractivity contribution in [3.05, 3.63) is 41.6 Å². The highest BCUT2D eigenvalue weighted by Gasteiger charge is 2.20. The Morgan fingerprint density at radius 2 is 2.12 bits per heavy atom. The van der Waals surface area contributed by atoms with Crippen molar-refractivity contribution >= 4 is 28.5 Å². The molecule has 24 heavy (non-hydrogen) atoms. The van der Waals surface area contributed by atoms with E-state index in [4.69, 9.17) is 5.11 Å². The molecule has 0 aliphatic carbocycles. The van der Waals surface area contributed by atoms with Gasteiger partial charge in [-0.15, -0.1) is 0 Å². The van der Waals surface area contributed by atoms with Crippen LogP contribution in [0.3, 0.4) is 0 Å². The minimum absolute atomic E-state index is 0.0603. The Balaban J connectivity index is 1.70. The summed E-state index contributed by atoms with van der Waals surface area (Å²) in [5.41, 5.74) is 4.75. The van der Waals surface area contributed by atoms with Crippen molar-refractivity contribution in [2.75, 3.05) is 19.6 Å². The number of aromatic amines is 1. The number of H-pyrrole nitrogens is 1. The molecule has 2 heterocycles. The first-order valence-corrected chi connectivity index (χ1v) is 8.07. The number of carbonyl (C=O) groups excluding carboxylic acids is 1. The molecule has 0 atom stereocenters. The van der Waals surface area contributed by atoms with Crippen molar-refractivity contribution in [1.29, 1.82) is 0 Å². The number of fused-ring (bicyclic) bond motifs is 1. The Kier molecular flexibility index (Phi) is 4.55. The molecule has 126 valence electrons. The van der Waals surface area contributed by atoms with Gasteiger partial charge in [-0.05, 0) is 25.0 Å². The Morgan fingerprint density at radius 1 is 1.33 bits per heavy atom. The number of amides is 2. The fraction of sp³-hybridized carbons (Fsp3) is 0.333. The average molecular weight is 327 g/mol. The molecule has 1 aliphatic heterocycles. The van der Waals surface area contributed by atoms with Crippen LogP contribution in [0.25, 0.3) is 16.5 Å². The molecule has 0 radical (unpaired) electrons. The van der Waals surface area contributed by atoms with E-state index in [-0.39, 0.29) is 19.0 Å². The lowest BCUT2D eigenvalue weighted by atomic mass is 9.97. The van der Waals surface area contributed by atoms with Crippen molar-refractivity contribution in [2.24, 2.45) is 0 Å². The van der Waals surface area contributed by atoms with Crippen LogP contribution >= 0.6 is 0 Å². The van der Waals surface area contributed by atoms with Gasteiger partial charge in [0.2, 0.25) is 0 Å². The molecule has 1 aromatic heterocycles. The molecule has 3 rings (SSSR count). The third-order valence-electron chi connectivity index (χ3n) is 4.33. The molecular weight excluding hydrogens is 306 g/mol. The van der Waals surface area contributed by atoms with E-state index in [1.165, 1.54) is 16.5 Å². The van der Waals surface area contributed by atoms with Crippen molar-refractivity contribution < 1.29 is 14.7 Å². The normalized spacial score (nSPS) is 14.5. The van der Waals surface area contributed by atoms with E-state index in [2.05, 4.69) is 35.4 Å². The van der Waals surface area contributed by atoms with Crippen molar-refractivity contribution in [1.82, 2.24) is 15.2 Å². The third kappa shape index (κ3) is 3.27. The van der Waals surface area contributed by atoms with Gasteiger partial charge >= 0.3 is 12.0 Å². The fourth-order valence-corrected chi connectivity index (χ4v) is 3.16. The lowest BCUT2D eigenvalue weighted by molar-refractivity contribution is -0.136. The highest BCUT2D eigenvalue weighted by Crippen LogP contribution is 2.32. The van der Waals surface area contributed by atoms with Crippen LogP contribution in [0.2, 0.25) is 0 Å². The average Bonchev–Trinajstić information content (AvgIpc) is 2.90. The first kappa shape index (κ1) is 16.1. The van der Waals surface area contributed by atoms with Crippen LogP contribution in [0, 0.1) is 6.92 Å². The maximum atomic E-state index is 12.0. The van der Waals surface area contributed by atoms with Gasteiger partial charge in [-0.3, -0.25) is 4.79 Å². The number of benzene rings is 1. The van der Waals surface area contributed by atoms with Gasteiger partial charge in [-0.1, -0.05) is 24.3 Å². The predicted octanol–water partition coefficient (Wildman–Crippen LogP) is 2.75. The van der Waals surface area contributed by atoms with Crippen molar-refractivity contribution in [3.8, 4) is 0 Å². The van der Waals surface area contributed by atoms with E-state index in [0.29, 0.717) is 13.1 Å². The number of carbonyl (C=O) groups is 2. The summed E-state index contributed by atoms with van der Waals surface area (Å²) in [6.07, 6.45) is 2.81. The minimum atomic E-state index is -0.911. The number of urea groups is 1. The van der Waals surface area contributed by atoms with Crippen molar-refractivity contribution in [3.63, 3.8) is 0 Å². The van der Waals surface area contributed by atoms with Gasteiger partial charge in [0.1, 0.15) is 0 Å². The van der Waals surface area contributed by atoms with Crippen LogP contribution in [-0.2, 0) is 4.79 Å². The molecule has 1 aliphatic rings. The second kappa shape index (κ2) is 6.78. The molecule has 2 amide bonds. The van der Waals surface area contributed by atoms with E-state index < -0.39 is 5.97 Å². The van der Waals surface area contributed by atoms with E-state index in [0.717, 1.165) is 17.6 Å². The molecule has 0 bridgehead atoms. The first-order valence-electron chi connectivity index (χ1n) is 8.07. The quantitative estimate of drug-likeness (QED) is 0.807. The van der Waals surface area contributed by atoms with Crippen LogP contribution in [0.5, 0.6) is 0 Å². The van der Waals surface area contributed by atoms with Gasteiger partial charge in [-0.25, -0.2) is 4.79 Å². The van der Waals surface area contributed by atoms with E-state index >= 15 is 0 Å². The molecule has 6 heteroatoms. The maximum absolute atomic E-state index is 12.0. The summed E-state index contributed by atoms with van der Waals surface area (Å²) in [5.74, 6) is -0.911. The minimum Gasteiger partial charge on any atom is -0.481 e. The van der Waals surface area contributed by atoms with Crippen LogP contribution < -0.4 is 5.32 Å². The molecular formula is C18H21N3O3. The summed E-state index contributed by atoms with van der Waals surface area (Å²) in [6, 6.07) is 8.02. The highest BCUT2D eigenvalue weighted by molar-refractivity contribution is 5.94. The van der Waals surface area contributed by atoms with E-state index in [1.54, 1.807) is 4.90 Å². The smallest absolute Gasteiger partial charge is 0.317 e. The first-order chi connectivity index (χ1) is 11.6. The Labute approximate surface area is 140 Å². The van der Waals surface area contributed by atoms with Gasteiger partial charge in [0.05, 0.1) is 6.42 Å². The second-order valence-electron chi connectivity index (χ2n) is 5.97. The standard InChI is InChI=1S/C18H21N3O3/c1-12-17(14-4-2-3-5-15(14)20-12)13-7-10-21(11-8-13)18(24)19-9-6-16(22)23/h2-5,7,20H,6,8-11H2,1H3,(H,19,24)(H,22,23). The summed E-state index contributed by atoms with van der Waals surface area (Å²) < 4.78 is 0. The number of carboxylic acid groups (broad SMARTS) is 1. The Bertz CT molecular complexity index is 807. The summed E-state index contributed by atoms with van der Waals surface area (Å²) in [4.78, 5) is 27.6. The van der Waals surface area contributed by atoms with E-state index in [1.807, 2.05) is 12.1 Å². The Hall–Kier alpha value is -2.76. The number of para-hydroxylation sites is 1. The molecule has 2 aromatic rings. The van der Waals surface area contributed by atoms with Gasteiger partial charge in [0, 0.05) is 41.8 Å². The summed E-state index contributed by atoms with van der Waals surface area (Å²) in [5, 5.41) is 12.5. The van der Waals surface area contributed by atoms with E-state index in [9.17, 15) is 9.59 Å². The number of aryl methyl sites for hydroxylation is 1. The third-order valence-corrected chi connectivity index (χ3v) is 4.33. The van der Waals surface area contributed by atoms with Crippen LogP contribution in [0.4, 0.5) is 4.79 Å². The number of carboxylic acids is 1. The maximum Gasteiger partial charge on any atom is 0.317 e. The van der Waals surface area contributed by atoms with Gasteiger partial charge in [0.15, 0.2) is 0 Å². The van der Waals surface area contributed by atoms with Crippen LogP contribution in [-0.4, -0.2) is 46.6 Å². The summed E-state index contributed by atoms with van der Waals surface area (Å²) in [7, 11) is 0. The SMILES string of the molecule is Cc1[nH]c2ccccc2c1C1=CCN(C(=O)NCCC(=O)O)CC1. The zero-order valence-corrected chi connectivity index (χ0v) is 13.6. The number of aliphatic carboxylic acids is 1. The number of nitrogens with zero attached hydrogens (tertiary/aromatic N) is 1. The van der Waals surface area contributed by atoms with Gasteiger partial charge < -0.3 is 20.3 Å². The monoisotopic (exact) mass is 327 g/mol. The van der Waals surface area contributed by atoms with Crippen LogP contribution in [0.1, 0.15) is 24.1 Å². The molecule has 0 spiro atoms. The predicted molar refractivity (Wildman–Crippen MR) is 92.9 cm³/mol. The molecule has 1 aromatic carbocycles. The molecule has 0 unspecified atom stereocenters. The molecule has 0 fully saturated rings. The molecule has 0 saturated heterocycles. The molecule has 6 nitrogen and oxygen atoms in total. The zero-order valence-electron chi connectivity index (χ0n) is 13.6. The number of aromatic nitrogens is 1. The largest absolute Gasteiger partial charge is 0.481 e. The van der Waals surface area contributed by atoms with Gasteiger partial charge in [0.25, 0.3) is 0 Å². The summed E-state index contributed by atoms with van der Waals surface area (Å²) >= 11 is 0. The molecule has 0 saturated carbocycles. The molecule has 3 N–H and O–H groups in total. The topological polar surface area (TPSA) is 85.4 Å². The van der Waals surface area contributed by atoms with Gasteiger partial charge in [-0.2, -0.15) is 0 Å². The number of rotatable bonds is 4. The van der Waals surface area contributed by atoms with Crippen LogP contribution in [0.15, 0.2) is 30.3 Å². The van der Waals surface area contributed by atoms with Crippen molar-refractivity contribution in [2.45, 2.75) is 19.8 Å². The number of hydrogen-bond acceptors (Lipinski definition) is 2. The zero-order chi connectivity index (χ0) is 17.1. The fourth-order valence-electron chi connectivity index (χ4n) is 3.16. The number of hydrogen-bond donors (Lipinski definition) is 3. The lowest BCUT2D eigenvalue weighted by Gasteiger charge is -2.27.